The van der Waals surface area contributed by atoms with Gasteiger partial charge >= 0.3 is 6.18 Å². The highest BCUT2D eigenvalue weighted by Gasteiger charge is 2.36. The summed E-state index contributed by atoms with van der Waals surface area (Å²) in [4.78, 5) is -0.810. The van der Waals surface area contributed by atoms with Crippen LogP contribution < -0.4 is 4.72 Å². The first kappa shape index (κ1) is 22.8. The Labute approximate surface area is 189 Å². The third kappa shape index (κ3) is 5.32. The van der Waals surface area contributed by atoms with E-state index in [0.717, 1.165) is 29.3 Å². The molecule has 1 aromatic heterocycles. The molecule has 0 aliphatic rings. The van der Waals surface area contributed by atoms with E-state index in [0.29, 0.717) is 17.8 Å². The van der Waals surface area contributed by atoms with Crippen LogP contribution in [-0.2, 0) is 29.3 Å². The minimum atomic E-state index is -4.79. The van der Waals surface area contributed by atoms with Gasteiger partial charge < -0.3 is 0 Å². The molecule has 0 fully saturated rings. The fourth-order valence-corrected chi connectivity index (χ4v) is 4.70. The SMILES string of the molecule is O=S(=O)(NCc1cn(Cc2ccccc2)nc1-c1ccccc1)c1ccccc1C(F)(F)F. The molecule has 33 heavy (non-hydrogen) atoms. The average molecular weight is 472 g/mol. The first-order valence-electron chi connectivity index (χ1n) is 10.1. The highest BCUT2D eigenvalue weighted by molar-refractivity contribution is 7.89. The van der Waals surface area contributed by atoms with E-state index in [2.05, 4.69) is 9.82 Å². The molecule has 3 aromatic carbocycles. The number of nitrogens with zero attached hydrogens (tertiary/aromatic N) is 2. The molecule has 1 heterocycles. The van der Waals surface area contributed by atoms with Crippen molar-refractivity contribution in [3.63, 3.8) is 0 Å². The Morgan fingerprint density at radius 1 is 0.848 bits per heavy atom. The molecule has 0 aliphatic carbocycles. The lowest BCUT2D eigenvalue weighted by atomic mass is 10.1. The summed E-state index contributed by atoms with van der Waals surface area (Å²) in [6.07, 6.45) is -3.09. The van der Waals surface area contributed by atoms with Crippen LogP contribution in [0.25, 0.3) is 11.3 Å². The van der Waals surface area contributed by atoms with Crippen LogP contribution in [0.2, 0.25) is 0 Å². The Bertz CT molecular complexity index is 1340. The molecule has 0 aliphatic heterocycles. The largest absolute Gasteiger partial charge is 0.417 e. The predicted octanol–water partition coefficient (Wildman–Crippen LogP) is 5.10. The molecular formula is C24H20F3N3O2S. The number of benzene rings is 3. The summed E-state index contributed by atoms with van der Waals surface area (Å²) in [6, 6.07) is 22.9. The Kier molecular flexibility index (Phi) is 6.35. The van der Waals surface area contributed by atoms with Gasteiger partial charge in [-0.25, -0.2) is 13.1 Å². The van der Waals surface area contributed by atoms with E-state index in [1.54, 1.807) is 10.9 Å². The van der Waals surface area contributed by atoms with Gasteiger partial charge in [0.15, 0.2) is 0 Å². The first-order valence-corrected chi connectivity index (χ1v) is 11.5. The highest BCUT2D eigenvalue weighted by atomic mass is 32.2. The number of halogens is 3. The van der Waals surface area contributed by atoms with Gasteiger partial charge in [-0.15, -0.1) is 0 Å². The van der Waals surface area contributed by atoms with Crippen LogP contribution in [0.4, 0.5) is 13.2 Å². The molecule has 5 nitrogen and oxygen atoms in total. The highest BCUT2D eigenvalue weighted by Crippen LogP contribution is 2.34. The second kappa shape index (κ2) is 9.21. The van der Waals surface area contributed by atoms with Gasteiger partial charge in [-0.3, -0.25) is 4.68 Å². The van der Waals surface area contributed by atoms with E-state index < -0.39 is 26.7 Å². The molecule has 0 spiro atoms. The van der Waals surface area contributed by atoms with E-state index in [4.69, 9.17) is 0 Å². The lowest BCUT2D eigenvalue weighted by Gasteiger charge is -2.13. The van der Waals surface area contributed by atoms with Gasteiger partial charge in [0, 0.05) is 23.9 Å². The third-order valence-electron chi connectivity index (χ3n) is 5.01. The van der Waals surface area contributed by atoms with Crippen molar-refractivity contribution in [1.82, 2.24) is 14.5 Å². The number of rotatable bonds is 7. The second-order valence-electron chi connectivity index (χ2n) is 7.37. The summed E-state index contributed by atoms with van der Waals surface area (Å²) >= 11 is 0. The van der Waals surface area contributed by atoms with Crippen LogP contribution in [0, 0.1) is 0 Å². The number of nitrogens with one attached hydrogen (secondary N) is 1. The number of alkyl halides is 3. The summed E-state index contributed by atoms with van der Waals surface area (Å²) in [5.74, 6) is 0. The summed E-state index contributed by atoms with van der Waals surface area (Å²) in [5, 5.41) is 4.61. The monoisotopic (exact) mass is 471 g/mol. The molecule has 1 N–H and O–H groups in total. The molecule has 4 aromatic rings. The minimum absolute atomic E-state index is 0.215. The van der Waals surface area contributed by atoms with Crippen molar-refractivity contribution in [1.29, 1.82) is 0 Å². The molecule has 0 saturated heterocycles. The molecule has 4 rings (SSSR count). The lowest BCUT2D eigenvalue weighted by molar-refractivity contribution is -0.139. The van der Waals surface area contributed by atoms with E-state index in [1.165, 1.54) is 6.07 Å². The fraction of sp³-hybridized carbons (Fsp3) is 0.125. The molecule has 0 bridgehead atoms. The van der Waals surface area contributed by atoms with Gasteiger partial charge in [-0.1, -0.05) is 72.8 Å². The van der Waals surface area contributed by atoms with Crippen molar-refractivity contribution in [2.45, 2.75) is 24.2 Å². The topological polar surface area (TPSA) is 64.0 Å². The molecule has 0 saturated carbocycles. The Balaban J connectivity index is 1.65. The molecule has 0 amide bonds. The van der Waals surface area contributed by atoms with Gasteiger partial charge in [0.2, 0.25) is 10.0 Å². The van der Waals surface area contributed by atoms with Gasteiger partial charge in [-0.05, 0) is 17.7 Å². The van der Waals surface area contributed by atoms with Crippen LogP contribution in [0.5, 0.6) is 0 Å². The van der Waals surface area contributed by atoms with Gasteiger partial charge in [-0.2, -0.15) is 18.3 Å². The quantitative estimate of drug-likeness (QED) is 0.408. The minimum Gasteiger partial charge on any atom is -0.267 e. The van der Waals surface area contributed by atoms with Crippen molar-refractivity contribution >= 4 is 10.0 Å². The van der Waals surface area contributed by atoms with Crippen LogP contribution in [0.1, 0.15) is 16.7 Å². The van der Waals surface area contributed by atoms with Crippen molar-refractivity contribution in [2.24, 2.45) is 0 Å². The number of hydrogen-bond acceptors (Lipinski definition) is 3. The normalized spacial score (nSPS) is 12.1. The third-order valence-corrected chi connectivity index (χ3v) is 6.47. The number of aromatic nitrogens is 2. The van der Waals surface area contributed by atoms with Crippen LogP contribution in [0.15, 0.2) is 96.0 Å². The summed E-state index contributed by atoms with van der Waals surface area (Å²) in [7, 11) is -4.43. The van der Waals surface area contributed by atoms with Gasteiger partial charge in [0.25, 0.3) is 0 Å². The average Bonchev–Trinajstić information content (AvgIpc) is 3.21. The van der Waals surface area contributed by atoms with E-state index in [9.17, 15) is 21.6 Å². The Hall–Kier alpha value is -3.43. The van der Waals surface area contributed by atoms with Gasteiger partial charge in [0.05, 0.1) is 22.7 Å². The van der Waals surface area contributed by atoms with Crippen molar-refractivity contribution < 1.29 is 21.6 Å². The summed E-state index contributed by atoms with van der Waals surface area (Å²) < 4.78 is 69.6. The zero-order chi connectivity index (χ0) is 23.5. The smallest absolute Gasteiger partial charge is 0.267 e. The predicted molar refractivity (Wildman–Crippen MR) is 119 cm³/mol. The zero-order valence-corrected chi connectivity index (χ0v) is 18.1. The Morgan fingerprint density at radius 3 is 2.12 bits per heavy atom. The molecular weight excluding hydrogens is 451 g/mol. The lowest BCUT2D eigenvalue weighted by Crippen LogP contribution is -2.26. The Morgan fingerprint density at radius 2 is 1.45 bits per heavy atom. The fourth-order valence-electron chi connectivity index (χ4n) is 3.47. The molecule has 0 radical (unpaired) electrons. The molecule has 9 heteroatoms. The van der Waals surface area contributed by atoms with E-state index in [-0.39, 0.29) is 6.54 Å². The van der Waals surface area contributed by atoms with Crippen molar-refractivity contribution in [3.8, 4) is 11.3 Å². The first-order chi connectivity index (χ1) is 15.7. The molecule has 0 atom stereocenters. The maximum Gasteiger partial charge on any atom is 0.417 e. The summed E-state index contributed by atoms with van der Waals surface area (Å²) in [5.41, 5.74) is 1.67. The van der Waals surface area contributed by atoms with Crippen LogP contribution >= 0.6 is 0 Å². The van der Waals surface area contributed by atoms with Gasteiger partial charge in [0.1, 0.15) is 0 Å². The molecule has 170 valence electrons. The van der Waals surface area contributed by atoms with Crippen molar-refractivity contribution in [2.75, 3.05) is 0 Å². The van der Waals surface area contributed by atoms with E-state index >= 15 is 0 Å². The number of hydrogen-bond donors (Lipinski definition) is 1. The maximum atomic E-state index is 13.3. The van der Waals surface area contributed by atoms with E-state index in [1.807, 2.05) is 60.7 Å². The standard InChI is InChI=1S/C24H20F3N3O2S/c25-24(26,27)21-13-7-8-14-22(21)33(31,32)28-15-20-17-30(16-18-9-3-1-4-10-18)29-23(20)19-11-5-2-6-12-19/h1-14,17,28H,15-16H2. The van der Waals surface area contributed by atoms with Crippen LogP contribution in [-0.4, -0.2) is 18.2 Å². The van der Waals surface area contributed by atoms with Crippen molar-refractivity contribution in [3.05, 3.63) is 108 Å². The molecule has 0 unspecified atom stereocenters. The second-order valence-corrected chi connectivity index (χ2v) is 9.11. The zero-order valence-electron chi connectivity index (χ0n) is 17.3. The number of sulfonamides is 1. The maximum absolute atomic E-state index is 13.3. The summed E-state index contributed by atoms with van der Waals surface area (Å²) in [6.45, 7) is 0.248. The van der Waals surface area contributed by atoms with Crippen LogP contribution in [0.3, 0.4) is 0 Å².